The Labute approximate surface area is 130 Å². The molecule has 0 saturated carbocycles. The minimum atomic E-state index is -4.57. The molecule has 0 amide bonds. The highest BCUT2D eigenvalue weighted by Crippen LogP contribution is 2.28. The van der Waals surface area contributed by atoms with Crippen LogP contribution < -0.4 is 10.3 Å². The number of Topliss-reactive ketones (excluding diaryl/α,β-unsaturated/α-hetero) is 1. The van der Waals surface area contributed by atoms with Gasteiger partial charge in [-0.2, -0.15) is 13.2 Å². The lowest BCUT2D eigenvalue weighted by Crippen LogP contribution is -2.25. The number of halogens is 3. The van der Waals surface area contributed by atoms with Crippen LogP contribution in [-0.4, -0.2) is 17.0 Å². The predicted molar refractivity (Wildman–Crippen MR) is 77.6 cm³/mol. The van der Waals surface area contributed by atoms with Crippen LogP contribution in [0.1, 0.15) is 22.8 Å². The van der Waals surface area contributed by atoms with Gasteiger partial charge in [0, 0.05) is 17.8 Å². The summed E-state index contributed by atoms with van der Waals surface area (Å²) in [5.41, 5.74) is -1.35. The number of hydrogen-bond donors (Lipinski definition) is 0. The van der Waals surface area contributed by atoms with Gasteiger partial charge in [-0.1, -0.05) is 0 Å². The van der Waals surface area contributed by atoms with E-state index in [1.165, 1.54) is 12.1 Å². The highest BCUT2D eigenvalue weighted by molar-refractivity contribution is 5.96. The van der Waals surface area contributed by atoms with Gasteiger partial charge in [0.1, 0.15) is 5.75 Å². The van der Waals surface area contributed by atoms with Crippen LogP contribution in [0.5, 0.6) is 5.75 Å². The first-order chi connectivity index (χ1) is 10.8. The summed E-state index contributed by atoms with van der Waals surface area (Å²) in [6, 6.07) is 7.68. The molecule has 23 heavy (non-hydrogen) atoms. The number of ketones is 1. The van der Waals surface area contributed by atoms with Gasteiger partial charge in [0.05, 0.1) is 18.7 Å². The number of pyridine rings is 1. The minimum Gasteiger partial charge on any atom is -0.494 e. The quantitative estimate of drug-likeness (QED) is 0.794. The Balaban J connectivity index is 2.21. The first-order valence-electron chi connectivity index (χ1n) is 6.85. The molecule has 4 nitrogen and oxygen atoms in total. The summed E-state index contributed by atoms with van der Waals surface area (Å²) in [4.78, 5) is 23.7. The molecule has 0 unspecified atom stereocenters. The fraction of sp³-hybridized carbons (Fsp3) is 0.250. The van der Waals surface area contributed by atoms with Crippen molar-refractivity contribution in [3.05, 3.63) is 64.1 Å². The maximum atomic E-state index is 12.7. The van der Waals surface area contributed by atoms with Crippen LogP contribution in [0.4, 0.5) is 13.2 Å². The van der Waals surface area contributed by atoms with E-state index in [4.69, 9.17) is 4.74 Å². The number of aromatic nitrogens is 1. The number of nitrogens with zero attached hydrogens (tertiary/aromatic N) is 1. The molecule has 0 bridgehead atoms. The molecule has 1 heterocycles. The number of hydrogen-bond acceptors (Lipinski definition) is 3. The SMILES string of the molecule is CCOc1ccc(C(=O)Cn2cc(C(F)(F)F)ccc2=O)cc1. The Morgan fingerprint density at radius 2 is 1.78 bits per heavy atom. The monoisotopic (exact) mass is 325 g/mol. The van der Waals surface area contributed by atoms with E-state index in [9.17, 15) is 22.8 Å². The molecule has 2 rings (SSSR count). The Kier molecular flexibility index (Phi) is 4.88. The van der Waals surface area contributed by atoms with E-state index in [1.807, 2.05) is 6.92 Å². The van der Waals surface area contributed by atoms with Crippen LogP contribution in [0, 0.1) is 0 Å². The molecule has 0 aliphatic carbocycles. The molecule has 0 aliphatic rings. The smallest absolute Gasteiger partial charge is 0.417 e. The maximum absolute atomic E-state index is 12.7. The number of rotatable bonds is 5. The molecular formula is C16H14F3NO3. The van der Waals surface area contributed by atoms with E-state index in [1.54, 1.807) is 12.1 Å². The van der Waals surface area contributed by atoms with Gasteiger partial charge >= 0.3 is 6.18 Å². The molecule has 1 aromatic carbocycles. The van der Waals surface area contributed by atoms with E-state index < -0.39 is 29.6 Å². The van der Waals surface area contributed by atoms with Gasteiger partial charge in [-0.05, 0) is 37.3 Å². The Morgan fingerprint density at radius 3 is 2.35 bits per heavy atom. The lowest BCUT2D eigenvalue weighted by Gasteiger charge is -2.10. The van der Waals surface area contributed by atoms with Gasteiger partial charge in [-0.3, -0.25) is 9.59 Å². The van der Waals surface area contributed by atoms with Crippen LogP contribution in [0.2, 0.25) is 0 Å². The second-order valence-corrected chi connectivity index (χ2v) is 4.76. The van der Waals surface area contributed by atoms with Crippen molar-refractivity contribution < 1.29 is 22.7 Å². The summed E-state index contributed by atoms with van der Waals surface area (Å²) in [6.07, 6.45) is -3.92. The Bertz CT molecular complexity index is 748. The van der Waals surface area contributed by atoms with Crippen LogP contribution in [0.25, 0.3) is 0 Å². The molecule has 0 saturated heterocycles. The van der Waals surface area contributed by atoms with Gasteiger partial charge in [0.15, 0.2) is 5.78 Å². The van der Waals surface area contributed by atoms with Crippen molar-refractivity contribution in [3.63, 3.8) is 0 Å². The van der Waals surface area contributed by atoms with Crippen LogP contribution in [0.3, 0.4) is 0 Å². The number of ether oxygens (including phenoxy) is 1. The van der Waals surface area contributed by atoms with Crippen molar-refractivity contribution in [1.29, 1.82) is 0 Å². The normalized spacial score (nSPS) is 11.3. The Morgan fingerprint density at radius 1 is 1.13 bits per heavy atom. The largest absolute Gasteiger partial charge is 0.494 e. The van der Waals surface area contributed by atoms with E-state index in [2.05, 4.69) is 0 Å². The molecule has 1 aromatic heterocycles. The van der Waals surface area contributed by atoms with Crippen molar-refractivity contribution >= 4 is 5.78 Å². The van der Waals surface area contributed by atoms with Crippen molar-refractivity contribution in [3.8, 4) is 5.75 Å². The zero-order valence-electron chi connectivity index (χ0n) is 12.3. The topological polar surface area (TPSA) is 48.3 Å². The molecule has 0 N–H and O–H groups in total. The molecule has 0 atom stereocenters. The summed E-state index contributed by atoms with van der Waals surface area (Å²) < 4.78 is 44.0. The maximum Gasteiger partial charge on any atom is 0.417 e. The summed E-state index contributed by atoms with van der Waals surface area (Å²) in [5.74, 6) is 0.120. The molecule has 0 fully saturated rings. The van der Waals surface area contributed by atoms with Gasteiger partial charge in [-0.15, -0.1) is 0 Å². The van der Waals surface area contributed by atoms with Crippen molar-refractivity contribution in [2.45, 2.75) is 19.6 Å². The highest BCUT2D eigenvalue weighted by atomic mass is 19.4. The van der Waals surface area contributed by atoms with Crippen LogP contribution in [0.15, 0.2) is 47.4 Å². The third-order valence-electron chi connectivity index (χ3n) is 3.11. The standard InChI is InChI=1S/C16H14F3NO3/c1-2-23-13-6-3-11(4-7-13)14(21)10-20-9-12(16(17,18)19)5-8-15(20)22/h3-9H,2,10H2,1H3. The van der Waals surface area contributed by atoms with Crippen LogP contribution >= 0.6 is 0 Å². The molecule has 0 aliphatic heterocycles. The summed E-state index contributed by atoms with van der Waals surface area (Å²) in [6.45, 7) is 1.84. The fourth-order valence-electron chi connectivity index (χ4n) is 1.97. The first-order valence-corrected chi connectivity index (χ1v) is 6.85. The minimum absolute atomic E-state index is 0.290. The van der Waals surface area contributed by atoms with Crippen molar-refractivity contribution in [2.24, 2.45) is 0 Å². The van der Waals surface area contributed by atoms with E-state index in [0.717, 1.165) is 10.6 Å². The second kappa shape index (κ2) is 6.68. The Hall–Kier alpha value is -2.57. The summed E-state index contributed by atoms with van der Waals surface area (Å²) in [5, 5.41) is 0. The summed E-state index contributed by atoms with van der Waals surface area (Å²) >= 11 is 0. The predicted octanol–water partition coefficient (Wildman–Crippen LogP) is 3.15. The zero-order chi connectivity index (χ0) is 17.0. The van der Waals surface area contributed by atoms with Gasteiger partial charge in [0.2, 0.25) is 0 Å². The zero-order valence-corrected chi connectivity index (χ0v) is 12.3. The molecule has 0 spiro atoms. The number of carbonyl (C=O) groups excluding carboxylic acids is 1. The van der Waals surface area contributed by atoms with Crippen LogP contribution in [-0.2, 0) is 12.7 Å². The molecule has 122 valence electrons. The lowest BCUT2D eigenvalue weighted by molar-refractivity contribution is -0.138. The lowest BCUT2D eigenvalue weighted by atomic mass is 10.1. The number of carbonyl (C=O) groups is 1. The fourth-order valence-corrected chi connectivity index (χ4v) is 1.97. The first kappa shape index (κ1) is 16.8. The molecule has 2 aromatic rings. The third kappa shape index (κ3) is 4.21. The third-order valence-corrected chi connectivity index (χ3v) is 3.11. The van der Waals surface area contributed by atoms with E-state index in [-0.39, 0.29) is 5.56 Å². The van der Waals surface area contributed by atoms with Crippen molar-refractivity contribution in [1.82, 2.24) is 4.57 Å². The van der Waals surface area contributed by atoms with Gasteiger partial charge in [-0.25, -0.2) is 0 Å². The van der Waals surface area contributed by atoms with Gasteiger partial charge < -0.3 is 9.30 Å². The average molecular weight is 325 g/mol. The summed E-state index contributed by atoms with van der Waals surface area (Å²) in [7, 11) is 0. The second-order valence-electron chi connectivity index (χ2n) is 4.76. The molecule has 0 radical (unpaired) electrons. The number of alkyl halides is 3. The van der Waals surface area contributed by atoms with E-state index >= 15 is 0 Å². The van der Waals surface area contributed by atoms with E-state index in [0.29, 0.717) is 24.6 Å². The molecular weight excluding hydrogens is 311 g/mol. The highest BCUT2D eigenvalue weighted by Gasteiger charge is 2.31. The molecule has 7 heteroatoms. The average Bonchev–Trinajstić information content (AvgIpc) is 2.49. The van der Waals surface area contributed by atoms with Crippen molar-refractivity contribution in [2.75, 3.05) is 6.61 Å². The van der Waals surface area contributed by atoms with Gasteiger partial charge in [0.25, 0.3) is 5.56 Å². The number of benzene rings is 1.